The molecule has 2 N–H and O–H groups in total. The maximum atomic E-state index is 13.0. The highest BCUT2D eigenvalue weighted by atomic mass is 32.2. The lowest BCUT2D eigenvalue weighted by atomic mass is 9.97. The predicted octanol–water partition coefficient (Wildman–Crippen LogP) is 2.62. The van der Waals surface area contributed by atoms with Gasteiger partial charge in [0.2, 0.25) is 10.0 Å². The first-order valence-electron chi connectivity index (χ1n) is 8.82. The Morgan fingerprint density at radius 2 is 1.96 bits per heavy atom. The molecule has 0 aromatic heterocycles. The lowest BCUT2D eigenvalue weighted by Crippen LogP contribution is -2.44. The van der Waals surface area contributed by atoms with Gasteiger partial charge in [-0.05, 0) is 49.6 Å². The van der Waals surface area contributed by atoms with Crippen LogP contribution in [0.25, 0.3) is 0 Å². The minimum absolute atomic E-state index is 0.0407. The number of para-hydroxylation sites is 1. The Morgan fingerprint density at radius 1 is 1.21 bits per heavy atom. The van der Waals surface area contributed by atoms with Gasteiger partial charge in [0.25, 0.3) is 6.23 Å². The summed E-state index contributed by atoms with van der Waals surface area (Å²) in [5, 5.41) is 9.45. The van der Waals surface area contributed by atoms with Gasteiger partial charge < -0.3 is 14.6 Å². The van der Waals surface area contributed by atoms with Crippen LogP contribution < -0.4 is 14.2 Å². The predicted molar refractivity (Wildman–Crippen MR) is 96.2 cm³/mol. The van der Waals surface area contributed by atoms with E-state index in [0.29, 0.717) is 5.75 Å². The van der Waals surface area contributed by atoms with Crippen LogP contribution in [0.3, 0.4) is 0 Å². The van der Waals surface area contributed by atoms with Crippen LogP contribution in [0.2, 0.25) is 0 Å². The second-order valence-electron chi connectivity index (χ2n) is 6.78. The molecule has 2 aromatic rings. The molecule has 0 spiro atoms. The third-order valence-electron chi connectivity index (χ3n) is 4.99. The molecule has 1 heterocycles. The van der Waals surface area contributed by atoms with Gasteiger partial charge in [-0.3, -0.25) is 0 Å². The zero-order chi connectivity index (χ0) is 19.9. The van der Waals surface area contributed by atoms with Gasteiger partial charge in [-0.15, -0.1) is 0 Å². The largest absolute Gasteiger partial charge is 0.486 e. The van der Waals surface area contributed by atoms with E-state index in [1.807, 2.05) is 10.8 Å². The smallest absolute Gasteiger partial charge is 0.361 e. The van der Waals surface area contributed by atoms with E-state index in [-0.39, 0.29) is 22.7 Å². The van der Waals surface area contributed by atoms with Crippen LogP contribution in [0.15, 0.2) is 47.4 Å². The fourth-order valence-electron chi connectivity index (χ4n) is 3.69. The zero-order valence-corrected chi connectivity index (χ0v) is 15.5. The molecule has 3 atom stereocenters. The molecule has 1 aliphatic carbocycles. The fraction of sp³-hybridized carbons (Fsp3) is 0.316. The van der Waals surface area contributed by atoms with E-state index in [9.17, 15) is 22.7 Å². The standard InChI is InChI=1S/C19H18FNO6S/c20-11-7-9-12(10-8-11)28(24,25)21-18(19(22)23)27-16-6-2-4-14-13-3-1-5-15(13)26-17(14)16/h2,4,6-10,13,15,18,21H,1,3,5H2,(H,22,23). The minimum Gasteiger partial charge on any atom is -0.486 e. The van der Waals surface area contributed by atoms with E-state index in [2.05, 4.69) is 0 Å². The molecular formula is C19H18FNO6S. The van der Waals surface area contributed by atoms with Crippen LogP contribution in [0, 0.1) is 5.82 Å². The molecule has 148 valence electrons. The van der Waals surface area contributed by atoms with E-state index in [4.69, 9.17) is 9.47 Å². The van der Waals surface area contributed by atoms with Crippen molar-refractivity contribution in [3.05, 3.63) is 53.8 Å². The number of fused-ring (bicyclic) bond motifs is 3. The van der Waals surface area contributed by atoms with Crippen LogP contribution >= 0.6 is 0 Å². The van der Waals surface area contributed by atoms with E-state index < -0.39 is 28.0 Å². The van der Waals surface area contributed by atoms with Gasteiger partial charge in [0, 0.05) is 11.5 Å². The summed E-state index contributed by atoms with van der Waals surface area (Å²) in [7, 11) is -4.23. The molecule has 1 fully saturated rings. The Hall–Kier alpha value is -2.65. The molecule has 2 aliphatic rings. The van der Waals surface area contributed by atoms with Crippen LogP contribution in [0.5, 0.6) is 11.5 Å². The van der Waals surface area contributed by atoms with Crippen molar-refractivity contribution in [2.45, 2.75) is 42.4 Å². The molecular weight excluding hydrogens is 389 g/mol. The zero-order valence-electron chi connectivity index (χ0n) is 14.7. The van der Waals surface area contributed by atoms with Crippen molar-refractivity contribution in [3.8, 4) is 11.5 Å². The maximum absolute atomic E-state index is 13.0. The molecule has 1 aliphatic heterocycles. The van der Waals surface area contributed by atoms with Crippen LogP contribution in [0.1, 0.15) is 30.7 Å². The number of hydrogen-bond acceptors (Lipinski definition) is 5. The Morgan fingerprint density at radius 3 is 2.68 bits per heavy atom. The van der Waals surface area contributed by atoms with Gasteiger partial charge in [-0.25, -0.2) is 17.6 Å². The molecule has 9 heteroatoms. The van der Waals surface area contributed by atoms with Crippen LogP contribution in [-0.4, -0.2) is 31.8 Å². The SMILES string of the molecule is O=C(O)C(NS(=O)(=O)c1ccc(F)cc1)Oc1cccc2c1OC1CCCC21. The van der Waals surface area contributed by atoms with Crippen LogP contribution in [-0.2, 0) is 14.8 Å². The molecule has 2 aromatic carbocycles. The number of aliphatic carboxylic acids is 1. The average molecular weight is 407 g/mol. The first-order valence-corrected chi connectivity index (χ1v) is 10.3. The van der Waals surface area contributed by atoms with Crippen molar-refractivity contribution in [3.63, 3.8) is 0 Å². The Kier molecular flexibility index (Phi) is 4.72. The molecule has 7 nitrogen and oxygen atoms in total. The second-order valence-corrected chi connectivity index (χ2v) is 8.49. The Balaban J connectivity index is 1.58. The van der Waals surface area contributed by atoms with Crippen molar-refractivity contribution in [2.75, 3.05) is 0 Å². The molecule has 0 bridgehead atoms. The number of carboxylic acid groups (broad SMARTS) is 1. The lowest BCUT2D eigenvalue weighted by molar-refractivity contribution is -0.145. The molecule has 0 saturated heterocycles. The number of halogens is 1. The third kappa shape index (κ3) is 3.43. The second kappa shape index (κ2) is 7.06. The third-order valence-corrected chi connectivity index (χ3v) is 6.40. The van der Waals surface area contributed by atoms with Gasteiger partial charge in [-0.2, -0.15) is 4.72 Å². The number of ether oxygens (including phenoxy) is 2. The number of hydrogen-bond donors (Lipinski definition) is 2. The monoisotopic (exact) mass is 407 g/mol. The maximum Gasteiger partial charge on any atom is 0.361 e. The summed E-state index contributed by atoms with van der Waals surface area (Å²) in [5.74, 6) is -1.24. The highest BCUT2D eigenvalue weighted by Gasteiger charge is 2.40. The lowest BCUT2D eigenvalue weighted by Gasteiger charge is -2.18. The Bertz CT molecular complexity index is 1010. The summed E-state index contributed by atoms with van der Waals surface area (Å²) in [6, 6.07) is 9.22. The van der Waals surface area contributed by atoms with E-state index in [1.54, 1.807) is 12.1 Å². The summed E-state index contributed by atoms with van der Waals surface area (Å²) < 4.78 is 51.3. The molecule has 0 amide bonds. The highest BCUT2D eigenvalue weighted by molar-refractivity contribution is 7.89. The summed E-state index contributed by atoms with van der Waals surface area (Å²) in [4.78, 5) is 11.3. The van der Waals surface area contributed by atoms with Crippen LogP contribution in [0.4, 0.5) is 4.39 Å². The first kappa shape index (κ1) is 18.7. The number of rotatable bonds is 6. The fourth-order valence-corrected chi connectivity index (χ4v) is 4.75. The highest BCUT2D eigenvalue weighted by Crippen LogP contribution is 2.50. The number of benzene rings is 2. The minimum atomic E-state index is -4.23. The average Bonchev–Trinajstić information content (AvgIpc) is 3.23. The van der Waals surface area contributed by atoms with Crippen molar-refractivity contribution >= 4 is 16.0 Å². The van der Waals surface area contributed by atoms with Crippen molar-refractivity contribution < 1.29 is 32.2 Å². The molecule has 4 rings (SSSR count). The van der Waals surface area contributed by atoms with E-state index >= 15 is 0 Å². The number of carbonyl (C=O) groups is 1. The number of carboxylic acids is 1. The van der Waals surface area contributed by atoms with Gasteiger partial charge >= 0.3 is 5.97 Å². The van der Waals surface area contributed by atoms with Gasteiger partial charge in [-0.1, -0.05) is 12.1 Å². The summed E-state index contributed by atoms with van der Waals surface area (Å²) >= 11 is 0. The van der Waals surface area contributed by atoms with Gasteiger partial charge in [0.15, 0.2) is 11.5 Å². The summed E-state index contributed by atoms with van der Waals surface area (Å²) in [5.41, 5.74) is 0.950. The number of nitrogens with one attached hydrogen (secondary N) is 1. The molecule has 0 radical (unpaired) electrons. The topological polar surface area (TPSA) is 102 Å². The quantitative estimate of drug-likeness (QED) is 0.714. The molecule has 28 heavy (non-hydrogen) atoms. The van der Waals surface area contributed by atoms with Gasteiger partial charge in [0.1, 0.15) is 11.9 Å². The van der Waals surface area contributed by atoms with Crippen molar-refractivity contribution in [2.24, 2.45) is 0 Å². The molecule has 1 saturated carbocycles. The number of sulfonamides is 1. The van der Waals surface area contributed by atoms with E-state index in [0.717, 1.165) is 49.1 Å². The first-order chi connectivity index (χ1) is 13.3. The summed E-state index contributed by atoms with van der Waals surface area (Å²) in [6.45, 7) is 0. The van der Waals surface area contributed by atoms with E-state index in [1.165, 1.54) is 0 Å². The van der Waals surface area contributed by atoms with Crippen molar-refractivity contribution in [1.82, 2.24) is 4.72 Å². The Labute approximate surface area is 161 Å². The molecule has 3 unspecified atom stereocenters. The van der Waals surface area contributed by atoms with Crippen molar-refractivity contribution in [1.29, 1.82) is 0 Å². The normalized spacial score (nSPS) is 21.5. The summed E-state index contributed by atoms with van der Waals surface area (Å²) in [6.07, 6.45) is 1.14. The van der Waals surface area contributed by atoms with Gasteiger partial charge in [0.05, 0.1) is 4.90 Å².